The molecule has 2 rings (SSSR count). The van der Waals surface area contributed by atoms with Crippen molar-refractivity contribution in [3.63, 3.8) is 0 Å². The molecule has 1 amide bonds. The third-order valence-electron chi connectivity index (χ3n) is 4.38. The molecule has 0 aliphatic heterocycles. The number of carbonyl (C=O) groups is 1. The fourth-order valence-corrected chi connectivity index (χ4v) is 3.55. The number of hydrogen-bond donors (Lipinski definition) is 2. The molecule has 4 heteroatoms. The van der Waals surface area contributed by atoms with Gasteiger partial charge in [-0.3, -0.25) is 0 Å². The molecule has 0 saturated heterocycles. The molecule has 0 radical (unpaired) electrons. The summed E-state index contributed by atoms with van der Waals surface area (Å²) in [6.07, 6.45) is 6.73. The van der Waals surface area contributed by atoms with E-state index in [4.69, 9.17) is 10.5 Å². The second-order valence-corrected chi connectivity index (χ2v) is 7.20. The lowest BCUT2D eigenvalue weighted by molar-refractivity contribution is 0.0463. The van der Waals surface area contributed by atoms with E-state index in [1.165, 1.54) is 25.7 Å². The highest BCUT2D eigenvalue weighted by atomic mass is 16.6. The maximum Gasteiger partial charge on any atom is 0.407 e. The van der Waals surface area contributed by atoms with E-state index >= 15 is 0 Å². The maximum atomic E-state index is 11.8. The zero-order chi connectivity index (χ0) is 14.0. The first-order chi connectivity index (χ1) is 8.85. The normalized spacial score (nSPS) is 35.4. The Labute approximate surface area is 116 Å². The highest BCUT2D eigenvalue weighted by molar-refractivity contribution is 5.68. The molecule has 19 heavy (non-hydrogen) atoms. The Morgan fingerprint density at radius 3 is 2.16 bits per heavy atom. The molecular formula is C15H28N2O2. The largest absolute Gasteiger partial charge is 0.444 e. The summed E-state index contributed by atoms with van der Waals surface area (Å²) in [5.41, 5.74) is 5.91. The summed E-state index contributed by atoms with van der Waals surface area (Å²) in [5.74, 6) is 1.14. The summed E-state index contributed by atoms with van der Waals surface area (Å²) in [6, 6.07) is 0.571. The molecule has 4 nitrogen and oxygen atoms in total. The van der Waals surface area contributed by atoms with E-state index in [-0.39, 0.29) is 12.1 Å². The lowest BCUT2D eigenvalue weighted by Gasteiger charge is -2.39. The summed E-state index contributed by atoms with van der Waals surface area (Å²) in [6.45, 7) is 5.68. The molecule has 2 fully saturated rings. The Morgan fingerprint density at radius 2 is 1.68 bits per heavy atom. The van der Waals surface area contributed by atoms with Gasteiger partial charge in [0.1, 0.15) is 5.60 Å². The van der Waals surface area contributed by atoms with E-state index in [9.17, 15) is 4.79 Å². The first-order valence-electron chi connectivity index (χ1n) is 7.60. The average Bonchev–Trinajstić information content (AvgIpc) is 2.38. The van der Waals surface area contributed by atoms with Crippen molar-refractivity contribution in [2.24, 2.45) is 17.6 Å². The van der Waals surface area contributed by atoms with E-state index in [0.717, 1.165) is 12.8 Å². The van der Waals surface area contributed by atoms with Crippen LogP contribution in [0.1, 0.15) is 59.3 Å². The molecule has 0 spiro atoms. The molecule has 3 N–H and O–H groups in total. The molecule has 2 unspecified atom stereocenters. The minimum absolute atomic E-state index is 0.239. The Hall–Kier alpha value is -0.770. The Balaban J connectivity index is 1.90. The summed E-state index contributed by atoms with van der Waals surface area (Å²) in [5, 5.41) is 3.04. The summed E-state index contributed by atoms with van der Waals surface area (Å²) in [4.78, 5) is 11.8. The van der Waals surface area contributed by atoms with Crippen LogP contribution in [0.3, 0.4) is 0 Å². The van der Waals surface area contributed by atoms with Crippen LogP contribution in [0.25, 0.3) is 0 Å². The third-order valence-corrected chi connectivity index (χ3v) is 4.38. The standard InChI is InChI=1S/C15H28N2O2/c1-15(2,3)19-14(18)17-12-8-10-6-4-5-7-11(9-12)13(10)16/h10-13H,4-9,16H2,1-3H3,(H,17,18). The molecular weight excluding hydrogens is 240 g/mol. The summed E-state index contributed by atoms with van der Waals surface area (Å²) < 4.78 is 5.34. The van der Waals surface area contributed by atoms with E-state index in [1.54, 1.807) is 0 Å². The van der Waals surface area contributed by atoms with Crippen LogP contribution in [0.2, 0.25) is 0 Å². The zero-order valence-corrected chi connectivity index (χ0v) is 12.4. The van der Waals surface area contributed by atoms with Crippen LogP contribution in [0, 0.1) is 11.8 Å². The molecule has 2 atom stereocenters. The molecule has 0 aromatic heterocycles. The van der Waals surface area contributed by atoms with Gasteiger partial charge in [0.15, 0.2) is 0 Å². The van der Waals surface area contributed by atoms with Crippen LogP contribution < -0.4 is 11.1 Å². The lowest BCUT2D eigenvalue weighted by atomic mass is 9.74. The number of ether oxygens (including phenoxy) is 1. The third kappa shape index (κ3) is 4.10. The number of hydrogen-bond acceptors (Lipinski definition) is 3. The fraction of sp³-hybridized carbons (Fsp3) is 0.933. The lowest BCUT2D eigenvalue weighted by Crippen LogP contribution is -2.50. The minimum Gasteiger partial charge on any atom is -0.444 e. The molecule has 2 saturated carbocycles. The van der Waals surface area contributed by atoms with Crippen LogP contribution in [0.5, 0.6) is 0 Å². The molecule has 0 heterocycles. The molecule has 0 aromatic carbocycles. The summed E-state index contributed by atoms with van der Waals surface area (Å²) in [7, 11) is 0. The van der Waals surface area contributed by atoms with E-state index < -0.39 is 5.60 Å². The summed E-state index contributed by atoms with van der Waals surface area (Å²) >= 11 is 0. The molecule has 2 aliphatic rings. The minimum atomic E-state index is -0.429. The van der Waals surface area contributed by atoms with Crippen molar-refractivity contribution in [3.05, 3.63) is 0 Å². The van der Waals surface area contributed by atoms with Gasteiger partial charge in [0.05, 0.1) is 0 Å². The number of alkyl carbamates (subject to hydrolysis) is 1. The van der Waals surface area contributed by atoms with Gasteiger partial charge in [0.2, 0.25) is 0 Å². The zero-order valence-electron chi connectivity index (χ0n) is 12.4. The van der Waals surface area contributed by atoms with Gasteiger partial charge in [-0.15, -0.1) is 0 Å². The van der Waals surface area contributed by atoms with E-state index in [0.29, 0.717) is 17.9 Å². The van der Waals surface area contributed by atoms with Crippen LogP contribution in [0.4, 0.5) is 4.79 Å². The number of rotatable bonds is 1. The van der Waals surface area contributed by atoms with Crippen molar-refractivity contribution in [1.82, 2.24) is 5.32 Å². The van der Waals surface area contributed by atoms with Crippen molar-refractivity contribution in [3.8, 4) is 0 Å². The fourth-order valence-electron chi connectivity index (χ4n) is 3.55. The highest BCUT2D eigenvalue weighted by Crippen LogP contribution is 2.37. The second kappa shape index (κ2) is 5.70. The quantitative estimate of drug-likeness (QED) is 0.768. The number of nitrogens with two attached hydrogens (primary N) is 1. The molecule has 110 valence electrons. The smallest absolute Gasteiger partial charge is 0.407 e. The van der Waals surface area contributed by atoms with Gasteiger partial charge in [-0.2, -0.15) is 0 Å². The topological polar surface area (TPSA) is 64.3 Å². The number of nitrogens with one attached hydrogen (secondary N) is 1. The highest BCUT2D eigenvalue weighted by Gasteiger charge is 2.37. The Morgan fingerprint density at radius 1 is 1.16 bits per heavy atom. The van der Waals surface area contributed by atoms with Gasteiger partial charge in [-0.05, 0) is 58.3 Å². The number of fused-ring (bicyclic) bond motifs is 2. The van der Waals surface area contributed by atoms with Gasteiger partial charge in [-0.25, -0.2) is 4.79 Å². The Bertz CT molecular complexity index is 309. The molecule has 2 aliphatic carbocycles. The Kier molecular flexibility index (Phi) is 4.39. The van der Waals surface area contributed by atoms with E-state index in [1.807, 2.05) is 20.8 Å². The number of carbonyl (C=O) groups excluding carboxylic acids is 1. The molecule has 2 bridgehead atoms. The second-order valence-electron chi connectivity index (χ2n) is 7.20. The van der Waals surface area contributed by atoms with Gasteiger partial charge in [0, 0.05) is 12.1 Å². The first-order valence-corrected chi connectivity index (χ1v) is 7.60. The van der Waals surface area contributed by atoms with Gasteiger partial charge < -0.3 is 15.8 Å². The van der Waals surface area contributed by atoms with Crippen molar-refractivity contribution in [2.45, 2.75) is 77.0 Å². The molecule has 0 aromatic rings. The average molecular weight is 268 g/mol. The predicted molar refractivity (Wildman–Crippen MR) is 75.8 cm³/mol. The maximum absolute atomic E-state index is 11.8. The SMILES string of the molecule is CC(C)(C)OC(=O)NC1CC2CCCCC(C1)C2N. The van der Waals surface area contributed by atoms with E-state index in [2.05, 4.69) is 5.32 Å². The van der Waals surface area contributed by atoms with Crippen LogP contribution in [0.15, 0.2) is 0 Å². The van der Waals surface area contributed by atoms with Crippen molar-refractivity contribution in [2.75, 3.05) is 0 Å². The van der Waals surface area contributed by atoms with Crippen molar-refractivity contribution >= 4 is 6.09 Å². The number of amides is 1. The monoisotopic (exact) mass is 268 g/mol. The van der Waals surface area contributed by atoms with Crippen LogP contribution in [-0.2, 0) is 4.74 Å². The van der Waals surface area contributed by atoms with Gasteiger partial charge >= 0.3 is 6.09 Å². The predicted octanol–water partition coefficient (Wildman–Crippen LogP) is 2.81. The van der Waals surface area contributed by atoms with Gasteiger partial charge in [0.25, 0.3) is 0 Å². The van der Waals surface area contributed by atoms with Gasteiger partial charge in [-0.1, -0.05) is 12.8 Å². The van der Waals surface area contributed by atoms with Crippen LogP contribution >= 0.6 is 0 Å². The first kappa shape index (κ1) is 14.6. The van der Waals surface area contributed by atoms with Crippen molar-refractivity contribution < 1.29 is 9.53 Å². The van der Waals surface area contributed by atoms with Crippen LogP contribution in [-0.4, -0.2) is 23.8 Å². The van der Waals surface area contributed by atoms with Crippen molar-refractivity contribution in [1.29, 1.82) is 0 Å².